The maximum absolute atomic E-state index is 4.56. The lowest BCUT2D eigenvalue weighted by Gasteiger charge is -2.27. The van der Waals surface area contributed by atoms with E-state index in [1.807, 2.05) is 6.07 Å². The molecule has 0 bridgehead atoms. The molecule has 0 amide bonds. The second kappa shape index (κ2) is 5.44. The molecule has 1 aliphatic rings. The van der Waals surface area contributed by atoms with Crippen molar-refractivity contribution in [2.75, 3.05) is 18.0 Å². The Morgan fingerprint density at radius 1 is 1.00 bits per heavy atom. The highest BCUT2D eigenvalue weighted by atomic mass is 15.2. The summed E-state index contributed by atoms with van der Waals surface area (Å²) in [7, 11) is 0. The van der Waals surface area contributed by atoms with Gasteiger partial charge in [-0.25, -0.2) is 9.97 Å². The predicted octanol–water partition coefficient (Wildman–Crippen LogP) is 3.92. The molecule has 0 spiro atoms. The van der Waals surface area contributed by atoms with E-state index in [2.05, 4.69) is 51.0 Å². The van der Waals surface area contributed by atoms with Crippen LogP contribution < -0.4 is 4.90 Å². The highest BCUT2D eigenvalue weighted by Crippen LogP contribution is 2.32. The van der Waals surface area contributed by atoms with E-state index in [9.17, 15) is 0 Å². The number of H-pyrrole nitrogens is 1. The molecule has 4 rings (SSSR count). The van der Waals surface area contributed by atoms with Crippen molar-refractivity contribution in [2.45, 2.75) is 26.2 Å². The highest BCUT2D eigenvalue weighted by Gasteiger charge is 2.19. The van der Waals surface area contributed by atoms with Gasteiger partial charge in [0, 0.05) is 18.7 Å². The summed E-state index contributed by atoms with van der Waals surface area (Å²) in [4.78, 5) is 15.0. The quantitative estimate of drug-likeness (QED) is 0.778. The van der Waals surface area contributed by atoms with E-state index < -0.39 is 0 Å². The van der Waals surface area contributed by atoms with E-state index in [-0.39, 0.29) is 0 Å². The third-order valence-electron chi connectivity index (χ3n) is 4.53. The fourth-order valence-electron chi connectivity index (χ4n) is 3.35. The average Bonchev–Trinajstić information content (AvgIpc) is 2.94. The van der Waals surface area contributed by atoms with Crippen LogP contribution in [0.25, 0.3) is 22.3 Å². The largest absolute Gasteiger partial charge is 0.355 e. The van der Waals surface area contributed by atoms with E-state index in [1.54, 1.807) is 6.33 Å². The van der Waals surface area contributed by atoms with Crippen LogP contribution >= 0.6 is 0 Å². The fraction of sp³-hybridized carbons (Fsp3) is 0.333. The average molecular weight is 292 g/mol. The molecule has 3 aromatic rings. The van der Waals surface area contributed by atoms with Crippen LogP contribution in [-0.2, 0) is 0 Å². The number of aromatic nitrogens is 3. The van der Waals surface area contributed by atoms with Crippen LogP contribution in [0.1, 0.15) is 24.8 Å². The van der Waals surface area contributed by atoms with Crippen molar-refractivity contribution in [3.8, 4) is 11.3 Å². The number of hydrogen-bond donors (Lipinski definition) is 1. The molecular weight excluding hydrogens is 272 g/mol. The molecule has 1 fully saturated rings. The van der Waals surface area contributed by atoms with Gasteiger partial charge in [0.25, 0.3) is 0 Å². The molecule has 22 heavy (non-hydrogen) atoms. The molecule has 3 heterocycles. The highest BCUT2D eigenvalue weighted by molar-refractivity contribution is 5.94. The molecule has 4 heteroatoms. The van der Waals surface area contributed by atoms with Gasteiger partial charge in [-0.15, -0.1) is 0 Å². The van der Waals surface area contributed by atoms with E-state index >= 15 is 0 Å². The van der Waals surface area contributed by atoms with Crippen LogP contribution in [0, 0.1) is 6.92 Å². The summed E-state index contributed by atoms with van der Waals surface area (Å²) in [5.74, 6) is 1.05. The van der Waals surface area contributed by atoms with Gasteiger partial charge >= 0.3 is 0 Å². The first-order valence-corrected chi connectivity index (χ1v) is 7.98. The summed E-state index contributed by atoms with van der Waals surface area (Å²) < 4.78 is 0. The first kappa shape index (κ1) is 13.3. The maximum atomic E-state index is 4.56. The lowest BCUT2D eigenvalue weighted by molar-refractivity contribution is 0.574. The molecule has 0 saturated carbocycles. The summed E-state index contributed by atoms with van der Waals surface area (Å²) in [6.07, 6.45) is 5.51. The molecule has 0 unspecified atom stereocenters. The monoisotopic (exact) mass is 292 g/mol. The Bertz CT molecular complexity index is 785. The van der Waals surface area contributed by atoms with Crippen molar-refractivity contribution in [1.82, 2.24) is 15.0 Å². The SMILES string of the molecule is Cc1c(-c2ccccc2)[nH]c2c(N3CCCCC3)ncnc12. The molecule has 1 aliphatic heterocycles. The van der Waals surface area contributed by atoms with Crippen LogP contribution in [0.4, 0.5) is 5.82 Å². The van der Waals surface area contributed by atoms with Gasteiger partial charge in [-0.1, -0.05) is 30.3 Å². The van der Waals surface area contributed by atoms with Crippen LogP contribution in [0.2, 0.25) is 0 Å². The van der Waals surface area contributed by atoms with Gasteiger partial charge in [0.2, 0.25) is 0 Å². The molecule has 1 aromatic carbocycles. The molecule has 112 valence electrons. The second-order valence-electron chi connectivity index (χ2n) is 5.96. The number of anilines is 1. The second-order valence-corrected chi connectivity index (χ2v) is 5.96. The number of piperidine rings is 1. The van der Waals surface area contributed by atoms with E-state index in [1.165, 1.54) is 30.4 Å². The van der Waals surface area contributed by atoms with Crippen molar-refractivity contribution >= 4 is 16.9 Å². The number of nitrogens with one attached hydrogen (secondary N) is 1. The number of aromatic amines is 1. The van der Waals surface area contributed by atoms with Crippen molar-refractivity contribution in [1.29, 1.82) is 0 Å². The number of benzene rings is 1. The van der Waals surface area contributed by atoms with Crippen molar-refractivity contribution < 1.29 is 0 Å². The zero-order valence-corrected chi connectivity index (χ0v) is 12.8. The van der Waals surface area contributed by atoms with Crippen LogP contribution in [0.5, 0.6) is 0 Å². The Hall–Kier alpha value is -2.36. The number of nitrogens with zero attached hydrogens (tertiary/aromatic N) is 3. The summed E-state index contributed by atoms with van der Waals surface area (Å²) in [6.45, 7) is 4.31. The third kappa shape index (κ3) is 2.15. The van der Waals surface area contributed by atoms with Crippen molar-refractivity contribution in [3.63, 3.8) is 0 Å². The zero-order valence-electron chi connectivity index (χ0n) is 12.8. The summed E-state index contributed by atoms with van der Waals surface area (Å²) in [5, 5.41) is 0. The molecule has 2 aromatic heterocycles. The molecule has 1 N–H and O–H groups in total. The van der Waals surface area contributed by atoms with E-state index in [0.717, 1.165) is 35.6 Å². The number of fused-ring (bicyclic) bond motifs is 1. The fourth-order valence-corrected chi connectivity index (χ4v) is 3.35. The lowest BCUT2D eigenvalue weighted by atomic mass is 10.1. The first-order chi connectivity index (χ1) is 10.8. The Morgan fingerprint density at radius 2 is 1.77 bits per heavy atom. The van der Waals surface area contributed by atoms with Gasteiger partial charge in [-0.2, -0.15) is 0 Å². The molecular formula is C18H20N4. The molecule has 1 saturated heterocycles. The standard InChI is InChI=1S/C18H20N4/c1-13-15(14-8-4-2-5-9-14)21-17-16(13)19-12-20-18(17)22-10-6-3-7-11-22/h2,4-5,8-9,12,21H,3,6-7,10-11H2,1H3. The Balaban J connectivity index is 1.87. The summed E-state index contributed by atoms with van der Waals surface area (Å²) in [6, 6.07) is 10.4. The maximum Gasteiger partial charge on any atom is 0.156 e. The van der Waals surface area contributed by atoms with Gasteiger partial charge in [0.1, 0.15) is 11.8 Å². The third-order valence-corrected chi connectivity index (χ3v) is 4.53. The van der Waals surface area contributed by atoms with Crippen molar-refractivity contribution in [2.24, 2.45) is 0 Å². The molecule has 4 nitrogen and oxygen atoms in total. The van der Waals surface area contributed by atoms with E-state index in [4.69, 9.17) is 0 Å². The van der Waals surface area contributed by atoms with Crippen LogP contribution in [0.3, 0.4) is 0 Å². The Morgan fingerprint density at radius 3 is 2.55 bits per heavy atom. The zero-order chi connectivity index (χ0) is 14.9. The smallest absolute Gasteiger partial charge is 0.156 e. The minimum atomic E-state index is 1.04. The minimum absolute atomic E-state index is 1.04. The number of hydrogen-bond acceptors (Lipinski definition) is 3. The first-order valence-electron chi connectivity index (χ1n) is 7.98. The predicted molar refractivity (Wildman–Crippen MR) is 90.1 cm³/mol. The lowest BCUT2D eigenvalue weighted by Crippen LogP contribution is -2.30. The van der Waals surface area contributed by atoms with Gasteiger partial charge in [0.05, 0.1) is 11.2 Å². The van der Waals surface area contributed by atoms with Gasteiger partial charge in [0.15, 0.2) is 5.82 Å². The van der Waals surface area contributed by atoms with Crippen molar-refractivity contribution in [3.05, 3.63) is 42.2 Å². The molecule has 0 atom stereocenters. The normalized spacial score (nSPS) is 15.4. The Labute approximate surface area is 130 Å². The minimum Gasteiger partial charge on any atom is -0.355 e. The van der Waals surface area contributed by atoms with Crippen LogP contribution in [-0.4, -0.2) is 28.0 Å². The number of rotatable bonds is 2. The molecule has 0 radical (unpaired) electrons. The molecule has 0 aliphatic carbocycles. The van der Waals surface area contributed by atoms with Gasteiger partial charge in [-0.05, 0) is 31.7 Å². The summed E-state index contributed by atoms with van der Waals surface area (Å²) >= 11 is 0. The summed E-state index contributed by atoms with van der Waals surface area (Å²) in [5.41, 5.74) is 5.65. The Kier molecular flexibility index (Phi) is 3.29. The van der Waals surface area contributed by atoms with Gasteiger partial charge < -0.3 is 9.88 Å². The number of aryl methyl sites for hydroxylation is 1. The van der Waals surface area contributed by atoms with Gasteiger partial charge in [-0.3, -0.25) is 0 Å². The van der Waals surface area contributed by atoms with Crippen LogP contribution in [0.15, 0.2) is 36.7 Å². The van der Waals surface area contributed by atoms with E-state index in [0.29, 0.717) is 0 Å². The topological polar surface area (TPSA) is 44.8 Å².